The van der Waals surface area contributed by atoms with Crippen LogP contribution in [0.4, 0.5) is 5.69 Å². The van der Waals surface area contributed by atoms with Gasteiger partial charge in [-0.1, -0.05) is 12.1 Å². The summed E-state index contributed by atoms with van der Waals surface area (Å²) < 4.78 is 0. The fourth-order valence-electron chi connectivity index (χ4n) is 1.59. The first-order valence-electron chi connectivity index (χ1n) is 5.95. The van der Waals surface area contributed by atoms with Crippen LogP contribution >= 0.6 is 0 Å². The van der Waals surface area contributed by atoms with Gasteiger partial charge in [-0.15, -0.1) is 0 Å². The van der Waals surface area contributed by atoms with Crippen LogP contribution in [0, 0.1) is 6.92 Å². The van der Waals surface area contributed by atoms with Crippen LogP contribution in [0.25, 0.3) is 0 Å². The third kappa shape index (κ3) is 3.61. The number of hydrogen-bond acceptors (Lipinski definition) is 4. The Labute approximate surface area is 115 Å². The molecule has 0 radical (unpaired) electrons. The molecule has 0 bridgehead atoms. The monoisotopic (exact) mass is 271 g/mol. The quantitative estimate of drug-likeness (QED) is 0.882. The molecule has 0 saturated heterocycles. The molecule has 2 N–H and O–H groups in total. The number of amides is 1. The van der Waals surface area contributed by atoms with Gasteiger partial charge in [-0.05, 0) is 24.6 Å². The lowest BCUT2D eigenvalue weighted by atomic mass is 10.1. The van der Waals surface area contributed by atoms with E-state index in [2.05, 4.69) is 15.3 Å². The molecule has 1 heterocycles. The number of anilines is 1. The highest BCUT2D eigenvalue weighted by Gasteiger charge is 2.08. The summed E-state index contributed by atoms with van der Waals surface area (Å²) in [5, 5.41) is 11.3. The largest absolute Gasteiger partial charge is 0.481 e. The molecule has 0 spiro atoms. The third-order valence-electron chi connectivity index (χ3n) is 2.58. The molecule has 6 heteroatoms. The van der Waals surface area contributed by atoms with Crippen molar-refractivity contribution >= 4 is 17.6 Å². The maximum atomic E-state index is 11.9. The van der Waals surface area contributed by atoms with Gasteiger partial charge in [-0.2, -0.15) is 0 Å². The second-order valence-electron chi connectivity index (χ2n) is 4.26. The molecule has 0 aliphatic heterocycles. The minimum atomic E-state index is -0.892. The fraction of sp³-hybridized carbons (Fsp3) is 0.143. The molecule has 1 aromatic carbocycles. The average molecular weight is 271 g/mol. The van der Waals surface area contributed by atoms with Crippen molar-refractivity contribution in [1.29, 1.82) is 0 Å². The van der Waals surface area contributed by atoms with Crippen molar-refractivity contribution in [3.63, 3.8) is 0 Å². The minimum absolute atomic E-state index is 0.0440. The summed E-state index contributed by atoms with van der Waals surface area (Å²) in [5.74, 6) is -1.25. The number of nitrogens with zero attached hydrogens (tertiary/aromatic N) is 2. The van der Waals surface area contributed by atoms with E-state index in [9.17, 15) is 9.59 Å². The van der Waals surface area contributed by atoms with Gasteiger partial charge in [0.25, 0.3) is 5.91 Å². The number of hydrogen-bond donors (Lipinski definition) is 2. The molecular formula is C14H13N3O3. The van der Waals surface area contributed by atoms with Crippen LogP contribution in [-0.4, -0.2) is 27.0 Å². The van der Waals surface area contributed by atoms with Crippen LogP contribution < -0.4 is 5.32 Å². The number of nitrogens with one attached hydrogen (secondary N) is 1. The molecule has 0 saturated carbocycles. The Kier molecular flexibility index (Phi) is 4.05. The predicted molar refractivity (Wildman–Crippen MR) is 72.5 cm³/mol. The Morgan fingerprint density at radius 3 is 2.40 bits per heavy atom. The molecule has 20 heavy (non-hydrogen) atoms. The number of aliphatic carboxylic acids is 1. The van der Waals surface area contributed by atoms with Gasteiger partial charge >= 0.3 is 5.97 Å². The number of aryl methyl sites for hydroxylation is 1. The molecule has 0 aliphatic rings. The summed E-state index contributed by atoms with van der Waals surface area (Å²) in [6.45, 7) is 1.79. The van der Waals surface area contributed by atoms with Gasteiger partial charge in [0.2, 0.25) is 0 Å². The predicted octanol–water partition coefficient (Wildman–Crippen LogP) is 1.66. The maximum Gasteiger partial charge on any atom is 0.307 e. The van der Waals surface area contributed by atoms with Crippen LogP contribution in [0.3, 0.4) is 0 Å². The van der Waals surface area contributed by atoms with E-state index in [0.717, 1.165) is 5.69 Å². The number of aromatic nitrogens is 2. The van der Waals surface area contributed by atoms with Gasteiger partial charge in [0, 0.05) is 11.9 Å². The first-order chi connectivity index (χ1) is 9.54. The Morgan fingerprint density at radius 1 is 1.15 bits per heavy atom. The third-order valence-corrected chi connectivity index (χ3v) is 2.58. The number of benzene rings is 1. The molecule has 2 rings (SSSR count). The van der Waals surface area contributed by atoms with E-state index in [-0.39, 0.29) is 18.0 Å². The smallest absolute Gasteiger partial charge is 0.307 e. The summed E-state index contributed by atoms with van der Waals surface area (Å²) in [6.07, 6.45) is 2.88. The Bertz CT molecular complexity index is 621. The summed E-state index contributed by atoms with van der Waals surface area (Å²) in [4.78, 5) is 30.4. The topological polar surface area (TPSA) is 92.2 Å². The minimum Gasteiger partial charge on any atom is -0.481 e. The second-order valence-corrected chi connectivity index (χ2v) is 4.26. The molecule has 1 aromatic heterocycles. The lowest BCUT2D eigenvalue weighted by molar-refractivity contribution is -0.136. The Balaban J connectivity index is 2.04. The first-order valence-corrected chi connectivity index (χ1v) is 5.95. The molecular weight excluding hydrogens is 258 g/mol. The van der Waals surface area contributed by atoms with Gasteiger partial charge in [-0.25, -0.2) is 4.98 Å². The van der Waals surface area contributed by atoms with E-state index < -0.39 is 5.97 Å². The first kappa shape index (κ1) is 13.7. The molecule has 0 fully saturated rings. The van der Waals surface area contributed by atoms with Crippen molar-refractivity contribution in [2.24, 2.45) is 0 Å². The van der Waals surface area contributed by atoms with Crippen molar-refractivity contribution in [3.8, 4) is 0 Å². The number of carboxylic acid groups (broad SMARTS) is 1. The van der Waals surface area contributed by atoms with Crippen LogP contribution in [0.5, 0.6) is 0 Å². The van der Waals surface area contributed by atoms with Gasteiger partial charge in [0.15, 0.2) is 0 Å². The second kappa shape index (κ2) is 5.92. The van der Waals surface area contributed by atoms with E-state index in [4.69, 9.17) is 5.11 Å². The van der Waals surface area contributed by atoms with Gasteiger partial charge in [0.05, 0.1) is 18.3 Å². The van der Waals surface area contributed by atoms with Crippen molar-refractivity contribution in [1.82, 2.24) is 9.97 Å². The van der Waals surface area contributed by atoms with E-state index in [1.807, 2.05) is 0 Å². The molecule has 0 aliphatic carbocycles. The van der Waals surface area contributed by atoms with Gasteiger partial charge in [-0.3, -0.25) is 14.6 Å². The Hall–Kier alpha value is -2.76. The van der Waals surface area contributed by atoms with E-state index >= 15 is 0 Å². The fourth-order valence-corrected chi connectivity index (χ4v) is 1.59. The van der Waals surface area contributed by atoms with Gasteiger partial charge in [0.1, 0.15) is 5.69 Å². The molecule has 2 aromatic rings. The zero-order chi connectivity index (χ0) is 14.5. The highest BCUT2D eigenvalue weighted by molar-refractivity contribution is 6.02. The molecule has 0 unspecified atom stereocenters. The lowest BCUT2D eigenvalue weighted by Crippen LogP contribution is -2.14. The van der Waals surface area contributed by atoms with Crippen molar-refractivity contribution < 1.29 is 14.7 Å². The summed E-state index contributed by atoms with van der Waals surface area (Å²) >= 11 is 0. The number of carbonyl (C=O) groups is 2. The normalized spacial score (nSPS) is 10.1. The molecule has 0 atom stereocenters. The average Bonchev–Trinajstić information content (AvgIpc) is 2.41. The van der Waals surface area contributed by atoms with Gasteiger partial charge < -0.3 is 10.4 Å². The van der Waals surface area contributed by atoms with Crippen molar-refractivity contribution in [3.05, 3.63) is 53.6 Å². The maximum absolute atomic E-state index is 11.9. The highest BCUT2D eigenvalue weighted by Crippen LogP contribution is 2.11. The molecule has 1 amide bonds. The lowest BCUT2D eigenvalue weighted by Gasteiger charge is -2.05. The molecule has 6 nitrogen and oxygen atoms in total. The Morgan fingerprint density at radius 2 is 1.85 bits per heavy atom. The number of carbonyl (C=O) groups excluding carboxylic acids is 1. The number of carboxylic acids is 1. The van der Waals surface area contributed by atoms with Crippen molar-refractivity contribution in [2.75, 3.05) is 5.32 Å². The van der Waals surface area contributed by atoms with E-state index in [0.29, 0.717) is 11.3 Å². The molecule has 102 valence electrons. The highest BCUT2D eigenvalue weighted by atomic mass is 16.4. The van der Waals surface area contributed by atoms with E-state index in [1.54, 1.807) is 31.2 Å². The van der Waals surface area contributed by atoms with Crippen LogP contribution in [0.15, 0.2) is 36.7 Å². The standard InChI is InChI=1S/C14H13N3O3/c1-9-7-16-12(8-15-9)14(20)17-11-4-2-10(3-5-11)6-13(18)19/h2-5,7-8H,6H2,1H3,(H,17,20)(H,18,19). The van der Waals surface area contributed by atoms with Crippen LogP contribution in [0.1, 0.15) is 21.7 Å². The summed E-state index contributed by atoms with van der Waals surface area (Å²) in [5.41, 5.74) is 2.21. The summed E-state index contributed by atoms with van der Waals surface area (Å²) in [7, 11) is 0. The SMILES string of the molecule is Cc1cnc(C(=O)Nc2ccc(CC(=O)O)cc2)cn1. The number of rotatable bonds is 4. The summed E-state index contributed by atoms with van der Waals surface area (Å²) in [6, 6.07) is 6.62. The van der Waals surface area contributed by atoms with E-state index in [1.165, 1.54) is 12.4 Å². The van der Waals surface area contributed by atoms with Crippen molar-refractivity contribution in [2.45, 2.75) is 13.3 Å². The zero-order valence-corrected chi connectivity index (χ0v) is 10.8. The van der Waals surface area contributed by atoms with Crippen LogP contribution in [-0.2, 0) is 11.2 Å². The van der Waals surface area contributed by atoms with Crippen LogP contribution in [0.2, 0.25) is 0 Å². The zero-order valence-electron chi connectivity index (χ0n) is 10.8.